The van der Waals surface area contributed by atoms with Crippen LogP contribution in [-0.2, 0) is 16.1 Å². The largest absolute Gasteiger partial charge is 0.383 e. The van der Waals surface area contributed by atoms with Gasteiger partial charge in [-0.15, -0.1) is 0 Å². The van der Waals surface area contributed by atoms with Gasteiger partial charge in [-0.2, -0.15) is 0 Å². The summed E-state index contributed by atoms with van der Waals surface area (Å²) in [5.74, 6) is 0.458. The van der Waals surface area contributed by atoms with Crippen molar-refractivity contribution in [2.75, 3.05) is 38.6 Å². The zero-order valence-corrected chi connectivity index (χ0v) is 11.8. The maximum Gasteiger partial charge on any atom is 0.224 e. The Kier molecular flexibility index (Phi) is 5.31. The molecule has 6 nitrogen and oxygen atoms in total. The molecule has 1 saturated heterocycles. The smallest absolute Gasteiger partial charge is 0.224 e. The summed E-state index contributed by atoms with van der Waals surface area (Å²) in [6, 6.07) is 3.68. The molecule has 1 aromatic rings. The summed E-state index contributed by atoms with van der Waals surface area (Å²) >= 11 is 0. The van der Waals surface area contributed by atoms with E-state index in [2.05, 4.69) is 15.2 Å². The van der Waals surface area contributed by atoms with Crippen LogP contribution in [0.1, 0.15) is 12.5 Å². The summed E-state index contributed by atoms with van der Waals surface area (Å²) in [4.78, 5) is 18.3. The number of nitrogens with one attached hydrogen (secondary N) is 1. The number of amides is 1. The Hall–Kier alpha value is -1.66. The highest BCUT2D eigenvalue weighted by Crippen LogP contribution is 2.08. The molecule has 1 aromatic heterocycles. The summed E-state index contributed by atoms with van der Waals surface area (Å²) < 4.78 is 5.30. The third-order valence-corrected chi connectivity index (χ3v) is 3.46. The van der Waals surface area contributed by atoms with Crippen molar-refractivity contribution in [3.05, 3.63) is 23.9 Å². The predicted octanol–water partition coefficient (Wildman–Crippen LogP) is 0.248. The number of ether oxygens (including phenoxy) is 1. The molecule has 6 heteroatoms. The van der Waals surface area contributed by atoms with Crippen LogP contribution in [0.3, 0.4) is 0 Å². The van der Waals surface area contributed by atoms with Gasteiger partial charge in [0.2, 0.25) is 5.91 Å². The van der Waals surface area contributed by atoms with Gasteiger partial charge in [-0.1, -0.05) is 13.0 Å². The van der Waals surface area contributed by atoms with Crippen molar-refractivity contribution in [2.45, 2.75) is 13.5 Å². The van der Waals surface area contributed by atoms with E-state index < -0.39 is 0 Å². The van der Waals surface area contributed by atoms with Gasteiger partial charge in [-0.05, 0) is 6.07 Å². The molecule has 2 heterocycles. The fraction of sp³-hybridized carbons (Fsp3) is 0.571. The Morgan fingerprint density at radius 2 is 2.30 bits per heavy atom. The van der Waals surface area contributed by atoms with Gasteiger partial charge in [0.1, 0.15) is 5.82 Å². The van der Waals surface area contributed by atoms with E-state index in [0.29, 0.717) is 12.4 Å². The quantitative estimate of drug-likeness (QED) is 0.807. The lowest BCUT2D eigenvalue weighted by Crippen LogP contribution is -2.42. The molecule has 0 bridgehead atoms. The molecule has 1 aliphatic rings. The second-order valence-electron chi connectivity index (χ2n) is 5.08. The molecule has 3 N–H and O–H groups in total. The highest BCUT2D eigenvalue weighted by molar-refractivity contribution is 5.78. The fourth-order valence-electron chi connectivity index (χ4n) is 2.21. The first-order valence-corrected chi connectivity index (χ1v) is 6.94. The SMILES string of the molecule is C[C@@H](CN1CCOCC1)C(=O)NCc1cccnc1N. The number of anilines is 1. The van der Waals surface area contributed by atoms with Crippen molar-refractivity contribution < 1.29 is 9.53 Å². The second-order valence-corrected chi connectivity index (χ2v) is 5.08. The van der Waals surface area contributed by atoms with E-state index in [9.17, 15) is 4.79 Å². The second kappa shape index (κ2) is 7.21. The van der Waals surface area contributed by atoms with Crippen molar-refractivity contribution >= 4 is 11.7 Å². The van der Waals surface area contributed by atoms with Crippen LogP contribution in [0.2, 0.25) is 0 Å². The Bertz CT molecular complexity index is 447. The molecule has 0 aromatic carbocycles. The van der Waals surface area contributed by atoms with Crippen molar-refractivity contribution in [3.8, 4) is 0 Å². The summed E-state index contributed by atoms with van der Waals surface area (Å²) in [6.45, 7) is 6.42. The fourth-order valence-corrected chi connectivity index (χ4v) is 2.21. The molecule has 0 unspecified atom stereocenters. The number of rotatable bonds is 5. The summed E-state index contributed by atoms with van der Waals surface area (Å²) in [7, 11) is 0. The van der Waals surface area contributed by atoms with Crippen LogP contribution >= 0.6 is 0 Å². The van der Waals surface area contributed by atoms with Crippen molar-refractivity contribution in [1.82, 2.24) is 15.2 Å². The highest BCUT2D eigenvalue weighted by Gasteiger charge is 2.18. The molecule has 0 aliphatic carbocycles. The van der Waals surface area contributed by atoms with Crippen molar-refractivity contribution in [2.24, 2.45) is 5.92 Å². The topological polar surface area (TPSA) is 80.5 Å². The Labute approximate surface area is 119 Å². The van der Waals surface area contributed by atoms with Crippen molar-refractivity contribution in [1.29, 1.82) is 0 Å². The molecule has 0 saturated carbocycles. The minimum atomic E-state index is -0.0500. The standard InChI is InChI=1S/C14H22N4O2/c1-11(10-18-5-7-20-8-6-18)14(19)17-9-12-3-2-4-16-13(12)15/h2-4,11H,5-10H2,1H3,(H2,15,16)(H,17,19)/t11-/m0/s1. The third kappa shape index (κ3) is 4.18. The number of carbonyl (C=O) groups is 1. The van der Waals surface area contributed by atoms with E-state index in [-0.39, 0.29) is 11.8 Å². The van der Waals surface area contributed by atoms with E-state index in [0.717, 1.165) is 38.4 Å². The number of hydrogen-bond acceptors (Lipinski definition) is 5. The summed E-state index contributed by atoms with van der Waals surface area (Å²) in [6.07, 6.45) is 1.64. The third-order valence-electron chi connectivity index (χ3n) is 3.46. The van der Waals surface area contributed by atoms with Gasteiger partial charge in [0.05, 0.1) is 13.2 Å². The average Bonchev–Trinajstić information content (AvgIpc) is 2.47. The van der Waals surface area contributed by atoms with E-state index in [4.69, 9.17) is 10.5 Å². The van der Waals surface area contributed by atoms with Crippen molar-refractivity contribution in [3.63, 3.8) is 0 Å². The molecule has 0 spiro atoms. The lowest BCUT2D eigenvalue weighted by Gasteiger charge is -2.28. The maximum absolute atomic E-state index is 12.1. The number of hydrogen-bond donors (Lipinski definition) is 2. The van der Waals surface area contributed by atoms with Gasteiger partial charge in [-0.25, -0.2) is 4.98 Å². The molecule has 1 amide bonds. The van der Waals surface area contributed by atoms with Gasteiger partial charge in [0, 0.05) is 43.9 Å². The first kappa shape index (κ1) is 14.7. The number of nitrogens with zero attached hydrogens (tertiary/aromatic N) is 2. The number of aromatic nitrogens is 1. The normalized spacial score (nSPS) is 17.6. The monoisotopic (exact) mass is 278 g/mol. The Morgan fingerprint density at radius 1 is 1.55 bits per heavy atom. The Morgan fingerprint density at radius 3 is 3.00 bits per heavy atom. The maximum atomic E-state index is 12.1. The molecular weight excluding hydrogens is 256 g/mol. The minimum Gasteiger partial charge on any atom is -0.383 e. The molecule has 110 valence electrons. The first-order chi connectivity index (χ1) is 9.66. The van der Waals surface area contributed by atoms with Crippen LogP contribution in [0, 0.1) is 5.92 Å². The first-order valence-electron chi connectivity index (χ1n) is 6.94. The number of carbonyl (C=O) groups excluding carboxylic acids is 1. The number of morpholine rings is 1. The molecule has 1 aliphatic heterocycles. The number of nitrogens with two attached hydrogens (primary N) is 1. The lowest BCUT2D eigenvalue weighted by molar-refractivity contribution is -0.125. The molecule has 20 heavy (non-hydrogen) atoms. The average molecular weight is 278 g/mol. The van der Waals surface area contributed by atoms with Crippen LogP contribution < -0.4 is 11.1 Å². The molecule has 1 fully saturated rings. The number of nitrogen functional groups attached to an aromatic ring is 1. The summed E-state index contributed by atoms with van der Waals surface area (Å²) in [5, 5.41) is 2.91. The number of pyridine rings is 1. The zero-order chi connectivity index (χ0) is 14.4. The summed E-state index contributed by atoms with van der Waals surface area (Å²) in [5.41, 5.74) is 6.59. The van der Waals surface area contributed by atoms with Crippen LogP contribution in [0.25, 0.3) is 0 Å². The van der Waals surface area contributed by atoms with Crippen LogP contribution in [-0.4, -0.2) is 48.6 Å². The van der Waals surface area contributed by atoms with E-state index in [1.54, 1.807) is 6.20 Å². The zero-order valence-electron chi connectivity index (χ0n) is 11.8. The van der Waals surface area contributed by atoms with Gasteiger partial charge >= 0.3 is 0 Å². The van der Waals surface area contributed by atoms with Gasteiger partial charge < -0.3 is 15.8 Å². The molecule has 1 atom stereocenters. The predicted molar refractivity (Wildman–Crippen MR) is 76.9 cm³/mol. The minimum absolute atomic E-state index is 0.0414. The van der Waals surface area contributed by atoms with Crippen LogP contribution in [0.4, 0.5) is 5.82 Å². The van der Waals surface area contributed by atoms with Gasteiger partial charge in [-0.3, -0.25) is 9.69 Å². The Balaban J connectivity index is 1.77. The van der Waals surface area contributed by atoms with Crippen LogP contribution in [0.15, 0.2) is 18.3 Å². The van der Waals surface area contributed by atoms with Gasteiger partial charge in [0.25, 0.3) is 0 Å². The van der Waals surface area contributed by atoms with E-state index in [1.807, 2.05) is 19.1 Å². The molecule has 2 rings (SSSR count). The van der Waals surface area contributed by atoms with E-state index in [1.165, 1.54) is 0 Å². The lowest BCUT2D eigenvalue weighted by atomic mass is 10.1. The molecule has 0 radical (unpaired) electrons. The highest BCUT2D eigenvalue weighted by atomic mass is 16.5. The van der Waals surface area contributed by atoms with Gasteiger partial charge in [0.15, 0.2) is 0 Å². The van der Waals surface area contributed by atoms with Crippen LogP contribution in [0.5, 0.6) is 0 Å². The molecular formula is C14H22N4O2. The van der Waals surface area contributed by atoms with E-state index >= 15 is 0 Å².